The van der Waals surface area contributed by atoms with Gasteiger partial charge in [-0.05, 0) is 89.9 Å². The number of aliphatic hydroxyl groups is 4. The SMILES string of the molecule is CC/C=C\C/C=C\C/C=C\C/C=C\C/C=C\CCCCCCCCOCC(COC1OC(CO)C(O)C(O)C1O)OC(=O)CCCCCCCCCCCCC/C=C\C/C=C\CCCCCCC. The molecule has 392 valence electrons. The van der Waals surface area contributed by atoms with E-state index in [-0.39, 0.29) is 19.2 Å². The fourth-order valence-electron chi connectivity index (χ4n) is 8.02. The summed E-state index contributed by atoms with van der Waals surface area (Å²) >= 11 is 0. The van der Waals surface area contributed by atoms with Crippen LogP contribution in [0.4, 0.5) is 0 Å². The van der Waals surface area contributed by atoms with E-state index < -0.39 is 43.4 Å². The Kier molecular flexibility index (Phi) is 46.0. The first-order chi connectivity index (χ1) is 33.4. The van der Waals surface area contributed by atoms with Crippen molar-refractivity contribution >= 4 is 5.97 Å². The van der Waals surface area contributed by atoms with Gasteiger partial charge in [0.2, 0.25) is 0 Å². The second-order valence-electron chi connectivity index (χ2n) is 18.6. The predicted molar refractivity (Wildman–Crippen MR) is 283 cm³/mol. The van der Waals surface area contributed by atoms with Gasteiger partial charge in [-0.3, -0.25) is 4.79 Å². The van der Waals surface area contributed by atoms with E-state index in [0.29, 0.717) is 13.0 Å². The van der Waals surface area contributed by atoms with Crippen molar-refractivity contribution in [2.24, 2.45) is 0 Å². The summed E-state index contributed by atoms with van der Waals surface area (Å²) in [5.41, 5.74) is 0. The summed E-state index contributed by atoms with van der Waals surface area (Å²) in [6, 6.07) is 0. The molecule has 0 amide bonds. The van der Waals surface area contributed by atoms with Crippen molar-refractivity contribution < 1.29 is 44.2 Å². The number of carbonyl (C=O) groups excluding carboxylic acids is 1. The number of carbonyl (C=O) groups is 1. The van der Waals surface area contributed by atoms with Crippen molar-refractivity contribution in [2.45, 2.75) is 256 Å². The maximum Gasteiger partial charge on any atom is 0.306 e. The van der Waals surface area contributed by atoms with Crippen LogP contribution in [0.25, 0.3) is 0 Å². The molecule has 6 unspecified atom stereocenters. The predicted octanol–water partition coefficient (Wildman–Crippen LogP) is 14.1. The number of unbranched alkanes of at least 4 members (excludes halogenated alkanes) is 22. The highest BCUT2D eigenvalue weighted by Crippen LogP contribution is 2.23. The van der Waals surface area contributed by atoms with Crippen LogP contribution in [0.2, 0.25) is 0 Å². The molecule has 0 saturated carbocycles. The summed E-state index contributed by atoms with van der Waals surface area (Å²) in [4.78, 5) is 12.9. The van der Waals surface area contributed by atoms with Crippen molar-refractivity contribution in [2.75, 3.05) is 26.4 Å². The van der Waals surface area contributed by atoms with Crippen LogP contribution in [0, 0.1) is 0 Å². The average molecular weight is 955 g/mol. The molecular formula is C59H102O9. The lowest BCUT2D eigenvalue weighted by molar-refractivity contribution is -0.305. The van der Waals surface area contributed by atoms with Crippen molar-refractivity contribution in [3.05, 3.63) is 85.1 Å². The summed E-state index contributed by atoms with van der Waals surface area (Å²) in [6.45, 7) is 4.41. The molecule has 6 atom stereocenters. The van der Waals surface area contributed by atoms with E-state index in [1.165, 1.54) is 116 Å². The number of hydrogen-bond acceptors (Lipinski definition) is 9. The van der Waals surface area contributed by atoms with Crippen LogP contribution < -0.4 is 0 Å². The minimum Gasteiger partial charge on any atom is -0.457 e. The summed E-state index contributed by atoms with van der Waals surface area (Å²) in [6.07, 6.45) is 60.4. The zero-order valence-corrected chi connectivity index (χ0v) is 43.3. The van der Waals surface area contributed by atoms with E-state index in [1.807, 2.05) is 0 Å². The average Bonchev–Trinajstić information content (AvgIpc) is 3.34. The standard InChI is InChI=1S/C59H102O9/c1-3-5-7-9-11-13-15-17-19-21-23-25-27-28-30-32-34-36-38-40-42-44-46-48-55(61)67-53(52-66-59-58(64)57(63)56(62)54(50-60)68-59)51-65-49-47-45-43-41-39-37-35-33-31-29-26-24-22-20-18-16-14-12-10-8-6-4-2/h6,8,12,14-15,17-18,20-21,23-24,26,31,33,53-54,56-60,62-64H,3-5,7,9-11,13,16,19,22,25,27-30,32,34-52H2,1-2H3/b8-6-,14-12-,17-15-,20-18-,23-21-,26-24-,33-31-. The van der Waals surface area contributed by atoms with E-state index in [0.717, 1.165) is 83.5 Å². The van der Waals surface area contributed by atoms with Gasteiger partial charge in [0.05, 0.1) is 19.8 Å². The molecule has 9 heteroatoms. The molecule has 1 heterocycles. The fourth-order valence-corrected chi connectivity index (χ4v) is 8.02. The molecule has 1 saturated heterocycles. The van der Waals surface area contributed by atoms with Crippen LogP contribution in [-0.4, -0.2) is 89.6 Å². The highest BCUT2D eigenvalue weighted by molar-refractivity contribution is 5.69. The number of ether oxygens (including phenoxy) is 4. The van der Waals surface area contributed by atoms with Gasteiger partial charge in [0.15, 0.2) is 6.29 Å². The van der Waals surface area contributed by atoms with Crippen molar-refractivity contribution in [1.82, 2.24) is 0 Å². The first-order valence-electron chi connectivity index (χ1n) is 27.7. The molecule has 1 aliphatic rings. The molecule has 0 bridgehead atoms. The smallest absolute Gasteiger partial charge is 0.306 e. The van der Waals surface area contributed by atoms with Crippen molar-refractivity contribution in [1.29, 1.82) is 0 Å². The van der Waals surface area contributed by atoms with Crippen molar-refractivity contribution in [3.63, 3.8) is 0 Å². The van der Waals surface area contributed by atoms with Crippen molar-refractivity contribution in [3.8, 4) is 0 Å². The maximum absolute atomic E-state index is 12.9. The lowest BCUT2D eigenvalue weighted by Crippen LogP contribution is -2.59. The Morgan fingerprint density at radius 3 is 1.35 bits per heavy atom. The lowest BCUT2D eigenvalue weighted by atomic mass is 9.99. The maximum atomic E-state index is 12.9. The quantitative estimate of drug-likeness (QED) is 0.0267. The van der Waals surface area contributed by atoms with E-state index in [9.17, 15) is 25.2 Å². The number of esters is 1. The summed E-state index contributed by atoms with van der Waals surface area (Å²) in [5, 5.41) is 40.3. The topological polar surface area (TPSA) is 135 Å². The van der Waals surface area contributed by atoms with E-state index in [2.05, 4.69) is 98.9 Å². The van der Waals surface area contributed by atoms with Gasteiger partial charge in [0, 0.05) is 13.0 Å². The molecule has 0 aromatic carbocycles. The Morgan fingerprint density at radius 1 is 0.485 bits per heavy atom. The van der Waals surface area contributed by atoms with Crippen LogP contribution in [0.3, 0.4) is 0 Å². The van der Waals surface area contributed by atoms with E-state index >= 15 is 0 Å². The second kappa shape index (κ2) is 49.4. The van der Waals surface area contributed by atoms with Gasteiger partial charge >= 0.3 is 5.97 Å². The molecule has 1 rings (SSSR count). The normalized spacial score (nSPS) is 19.8. The van der Waals surface area contributed by atoms with Gasteiger partial charge in [-0.1, -0.05) is 208 Å². The highest BCUT2D eigenvalue weighted by atomic mass is 16.7. The van der Waals surface area contributed by atoms with Crippen LogP contribution >= 0.6 is 0 Å². The van der Waals surface area contributed by atoms with Gasteiger partial charge in [-0.15, -0.1) is 0 Å². The van der Waals surface area contributed by atoms with Gasteiger partial charge < -0.3 is 39.4 Å². The molecule has 0 aromatic rings. The zero-order valence-electron chi connectivity index (χ0n) is 43.3. The third-order valence-corrected chi connectivity index (χ3v) is 12.3. The number of hydrogen-bond donors (Lipinski definition) is 4. The summed E-state index contributed by atoms with van der Waals surface area (Å²) in [7, 11) is 0. The van der Waals surface area contributed by atoms with Crippen LogP contribution in [-0.2, 0) is 23.7 Å². The molecule has 1 fully saturated rings. The first kappa shape index (κ1) is 63.4. The minimum absolute atomic E-state index is 0.124. The zero-order chi connectivity index (χ0) is 49.2. The molecule has 9 nitrogen and oxygen atoms in total. The highest BCUT2D eigenvalue weighted by Gasteiger charge is 2.44. The van der Waals surface area contributed by atoms with Crippen LogP contribution in [0.15, 0.2) is 85.1 Å². The second-order valence-corrected chi connectivity index (χ2v) is 18.6. The largest absolute Gasteiger partial charge is 0.457 e. The molecular weight excluding hydrogens is 853 g/mol. The Bertz CT molecular complexity index is 1320. The number of aliphatic hydroxyl groups excluding tert-OH is 4. The van der Waals surface area contributed by atoms with Gasteiger partial charge in [-0.2, -0.15) is 0 Å². The monoisotopic (exact) mass is 955 g/mol. The van der Waals surface area contributed by atoms with Crippen LogP contribution in [0.1, 0.15) is 219 Å². The molecule has 68 heavy (non-hydrogen) atoms. The third-order valence-electron chi connectivity index (χ3n) is 12.3. The third kappa shape index (κ3) is 39.1. The number of allylic oxidation sites excluding steroid dienone is 14. The summed E-state index contributed by atoms with van der Waals surface area (Å²) < 4.78 is 22.9. The molecule has 0 aromatic heterocycles. The van der Waals surface area contributed by atoms with Gasteiger partial charge in [-0.25, -0.2) is 0 Å². The van der Waals surface area contributed by atoms with Gasteiger partial charge in [0.1, 0.15) is 30.5 Å². The molecule has 0 aliphatic carbocycles. The minimum atomic E-state index is -1.55. The van der Waals surface area contributed by atoms with E-state index in [4.69, 9.17) is 18.9 Å². The Hall–Kier alpha value is -2.63. The molecule has 4 N–H and O–H groups in total. The lowest BCUT2D eigenvalue weighted by Gasteiger charge is -2.39. The van der Waals surface area contributed by atoms with Gasteiger partial charge in [0.25, 0.3) is 0 Å². The van der Waals surface area contributed by atoms with Crippen LogP contribution in [0.5, 0.6) is 0 Å². The molecule has 0 radical (unpaired) electrons. The Balaban J connectivity index is 2.20. The molecule has 0 spiro atoms. The van der Waals surface area contributed by atoms with E-state index in [1.54, 1.807) is 0 Å². The molecule has 1 aliphatic heterocycles. The Morgan fingerprint density at radius 2 is 0.897 bits per heavy atom. The first-order valence-corrected chi connectivity index (χ1v) is 27.7. The summed E-state index contributed by atoms with van der Waals surface area (Å²) in [5.74, 6) is -0.323. The number of rotatable bonds is 47. The Labute approximate surface area is 416 Å². The fraction of sp³-hybridized carbons (Fsp3) is 0.746.